The van der Waals surface area contributed by atoms with Gasteiger partial charge in [0.05, 0.1) is 13.2 Å². The third-order valence-electron chi connectivity index (χ3n) is 1.86. The van der Waals surface area contributed by atoms with Gasteiger partial charge < -0.3 is 9.57 Å². The highest BCUT2D eigenvalue weighted by Gasteiger charge is 2.18. The van der Waals surface area contributed by atoms with Crippen LogP contribution < -0.4 is 10.6 Å². The van der Waals surface area contributed by atoms with Gasteiger partial charge in [0.15, 0.2) is 5.82 Å². The fourth-order valence-electron chi connectivity index (χ4n) is 0.978. The zero-order valence-electron chi connectivity index (χ0n) is 8.60. The summed E-state index contributed by atoms with van der Waals surface area (Å²) in [5.41, 5.74) is -0.477. The molecule has 0 amide bonds. The minimum absolute atomic E-state index is 0.00304. The normalized spacial score (nSPS) is 10.6. The Bertz CT molecular complexity index is 374. The predicted molar refractivity (Wildman–Crippen MR) is 49.1 cm³/mol. The molecule has 90 valence electrons. The van der Waals surface area contributed by atoms with Gasteiger partial charge in [-0.2, -0.15) is 13.8 Å². The molecule has 1 aromatic heterocycles. The van der Waals surface area contributed by atoms with Gasteiger partial charge in [-0.15, -0.1) is 0 Å². The molecule has 0 aliphatic heterocycles. The van der Waals surface area contributed by atoms with E-state index < -0.39 is 29.0 Å². The van der Waals surface area contributed by atoms with Gasteiger partial charge >= 0.3 is 0 Å². The maximum Gasteiger partial charge on any atom is 0.256 e. The summed E-state index contributed by atoms with van der Waals surface area (Å²) in [6.07, 6.45) is 0.356. The molecule has 16 heavy (non-hydrogen) atoms. The Hall–Kier alpha value is -1.34. The minimum atomic E-state index is -1.30. The van der Waals surface area contributed by atoms with Crippen LogP contribution in [0.1, 0.15) is 12.0 Å². The van der Waals surface area contributed by atoms with E-state index in [4.69, 9.17) is 10.6 Å². The zero-order valence-corrected chi connectivity index (χ0v) is 8.60. The van der Waals surface area contributed by atoms with Crippen molar-refractivity contribution in [1.82, 2.24) is 4.98 Å². The van der Waals surface area contributed by atoms with Crippen LogP contribution in [0.4, 0.5) is 13.2 Å². The van der Waals surface area contributed by atoms with Gasteiger partial charge in [0, 0.05) is 12.0 Å². The Morgan fingerprint density at radius 3 is 2.50 bits per heavy atom. The maximum atomic E-state index is 13.2. The molecule has 0 saturated carbocycles. The van der Waals surface area contributed by atoms with Crippen molar-refractivity contribution in [3.63, 3.8) is 0 Å². The molecule has 7 heteroatoms. The van der Waals surface area contributed by atoms with Gasteiger partial charge in [0.25, 0.3) is 5.88 Å². The summed E-state index contributed by atoms with van der Waals surface area (Å²) >= 11 is 0. The van der Waals surface area contributed by atoms with Crippen LogP contribution in [-0.2, 0) is 4.84 Å². The molecule has 0 fully saturated rings. The Balaban J connectivity index is 2.73. The fraction of sp³-hybridized carbons (Fsp3) is 0.444. The lowest BCUT2D eigenvalue weighted by Gasteiger charge is -2.07. The lowest BCUT2D eigenvalue weighted by molar-refractivity contribution is 0.120. The highest BCUT2D eigenvalue weighted by Crippen LogP contribution is 2.21. The van der Waals surface area contributed by atoms with Gasteiger partial charge in [-0.1, -0.05) is 0 Å². The third-order valence-corrected chi connectivity index (χ3v) is 1.86. The minimum Gasteiger partial charge on any atom is -0.475 e. The zero-order chi connectivity index (χ0) is 12.1. The predicted octanol–water partition coefficient (Wildman–Crippen LogP) is 1.47. The van der Waals surface area contributed by atoms with E-state index >= 15 is 0 Å². The highest BCUT2D eigenvalue weighted by molar-refractivity contribution is 5.22. The summed E-state index contributed by atoms with van der Waals surface area (Å²) in [6.45, 7) is 1.29. The van der Waals surface area contributed by atoms with Crippen molar-refractivity contribution in [3.8, 4) is 5.88 Å². The largest absolute Gasteiger partial charge is 0.475 e. The number of pyridine rings is 1. The first-order valence-corrected chi connectivity index (χ1v) is 4.53. The monoisotopic (exact) mass is 236 g/mol. The Morgan fingerprint density at radius 1 is 1.19 bits per heavy atom. The van der Waals surface area contributed by atoms with E-state index in [-0.39, 0.29) is 13.2 Å². The molecule has 0 radical (unpaired) electrons. The molecule has 0 unspecified atom stereocenters. The number of rotatable bonds is 5. The summed E-state index contributed by atoms with van der Waals surface area (Å²) in [4.78, 5) is 7.39. The van der Waals surface area contributed by atoms with Crippen LogP contribution in [0, 0.1) is 24.5 Å². The van der Waals surface area contributed by atoms with Gasteiger partial charge in [-0.3, -0.25) is 0 Å². The van der Waals surface area contributed by atoms with Crippen LogP contribution in [0.3, 0.4) is 0 Å². The van der Waals surface area contributed by atoms with Crippen LogP contribution in [0.5, 0.6) is 5.88 Å². The van der Waals surface area contributed by atoms with Crippen LogP contribution in [0.25, 0.3) is 0 Å². The smallest absolute Gasteiger partial charge is 0.256 e. The molecule has 4 nitrogen and oxygen atoms in total. The van der Waals surface area contributed by atoms with Gasteiger partial charge in [0.2, 0.25) is 11.8 Å². The number of aromatic nitrogens is 1. The second kappa shape index (κ2) is 5.66. The second-order valence-corrected chi connectivity index (χ2v) is 3.03. The van der Waals surface area contributed by atoms with Crippen molar-refractivity contribution in [2.75, 3.05) is 13.2 Å². The second-order valence-electron chi connectivity index (χ2n) is 3.03. The molecule has 0 aliphatic rings. The van der Waals surface area contributed by atoms with Crippen LogP contribution in [0.2, 0.25) is 0 Å². The lowest BCUT2D eigenvalue weighted by Crippen LogP contribution is -2.09. The van der Waals surface area contributed by atoms with Gasteiger partial charge in [0.1, 0.15) is 0 Å². The quantitative estimate of drug-likeness (QED) is 0.477. The standard InChI is InChI=1S/C9H11F3N2O2/c1-5-6(10)7(11)9(14-8(5)12)15-3-2-4-16-13/h2-4,13H2,1H3. The maximum absolute atomic E-state index is 13.2. The van der Waals surface area contributed by atoms with Crippen molar-refractivity contribution in [2.45, 2.75) is 13.3 Å². The van der Waals surface area contributed by atoms with E-state index in [0.29, 0.717) is 6.42 Å². The van der Waals surface area contributed by atoms with E-state index in [2.05, 4.69) is 9.82 Å². The SMILES string of the molecule is Cc1c(F)nc(OCCCON)c(F)c1F. The number of nitrogens with two attached hydrogens (primary N) is 1. The van der Waals surface area contributed by atoms with E-state index in [9.17, 15) is 13.2 Å². The highest BCUT2D eigenvalue weighted by atomic mass is 19.2. The number of hydrogen-bond donors (Lipinski definition) is 1. The average Bonchev–Trinajstić information content (AvgIpc) is 2.28. The summed E-state index contributed by atoms with van der Waals surface area (Å²) in [7, 11) is 0. The molecule has 0 bridgehead atoms. The van der Waals surface area contributed by atoms with Crippen molar-refractivity contribution in [2.24, 2.45) is 5.90 Å². The number of hydrogen-bond acceptors (Lipinski definition) is 4. The molecule has 0 atom stereocenters. The molecular formula is C9H11F3N2O2. The van der Waals surface area contributed by atoms with E-state index in [1.54, 1.807) is 0 Å². The van der Waals surface area contributed by atoms with Gasteiger partial charge in [-0.25, -0.2) is 10.3 Å². The van der Waals surface area contributed by atoms with Crippen molar-refractivity contribution in [1.29, 1.82) is 0 Å². The molecule has 1 aromatic rings. The first-order chi connectivity index (χ1) is 7.57. The van der Waals surface area contributed by atoms with Crippen molar-refractivity contribution >= 4 is 0 Å². The Kier molecular flexibility index (Phi) is 4.51. The first kappa shape index (κ1) is 12.7. The Labute approximate surface area is 90.1 Å². The van der Waals surface area contributed by atoms with E-state index in [1.165, 1.54) is 0 Å². The summed E-state index contributed by atoms with van der Waals surface area (Å²) in [6, 6.07) is 0. The summed E-state index contributed by atoms with van der Waals surface area (Å²) in [5, 5.41) is 0. The van der Waals surface area contributed by atoms with E-state index in [1.807, 2.05) is 0 Å². The molecule has 1 rings (SSSR count). The molecule has 0 aliphatic carbocycles. The van der Waals surface area contributed by atoms with Gasteiger partial charge in [-0.05, 0) is 6.92 Å². The lowest BCUT2D eigenvalue weighted by atomic mass is 10.3. The average molecular weight is 236 g/mol. The molecule has 0 spiro atoms. The molecule has 2 N–H and O–H groups in total. The summed E-state index contributed by atoms with van der Waals surface area (Å²) in [5.74, 6) is 0.358. The summed E-state index contributed by atoms with van der Waals surface area (Å²) < 4.78 is 43.9. The Morgan fingerprint density at radius 2 is 1.88 bits per heavy atom. The molecule has 0 saturated heterocycles. The molecule has 1 heterocycles. The van der Waals surface area contributed by atoms with Crippen molar-refractivity contribution < 1.29 is 22.7 Å². The van der Waals surface area contributed by atoms with Crippen LogP contribution >= 0.6 is 0 Å². The molecule has 0 aromatic carbocycles. The van der Waals surface area contributed by atoms with E-state index in [0.717, 1.165) is 6.92 Å². The number of nitrogens with zero attached hydrogens (tertiary/aromatic N) is 1. The van der Waals surface area contributed by atoms with Crippen LogP contribution in [-0.4, -0.2) is 18.2 Å². The number of ether oxygens (including phenoxy) is 1. The number of halogens is 3. The first-order valence-electron chi connectivity index (χ1n) is 4.53. The molecular weight excluding hydrogens is 225 g/mol. The third kappa shape index (κ3) is 2.83. The fourth-order valence-corrected chi connectivity index (χ4v) is 0.978. The topological polar surface area (TPSA) is 57.4 Å². The van der Waals surface area contributed by atoms with Crippen molar-refractivity contribution in [3.05, 3.63) is 23.1 Å². The van der Waals surface area contributed by atoms with Crippen LogP contribution in [0.15, 0.2) is 0 Å².